The second-order valence-electron chi connectivity index (χ2n) is 4.71. The zero-order chi connectivity index (χ0) is 16.4. The minimum absolute atomic E-state index is 0.207. The molecule has 9 heteroatoms. The Hall–Kier alpha value is -2.99. The summed E-state index contributed by atoms with van der Waals surface area (Å²) >= 11 is 1.31. The van der Waals surface area contributed by atoms with Crippen LogP contribution in [0.15, 0.2) is 40.3 Å². The van der Waals surface area contributed by atoms with Gasteiger partial charge in [-0.25, -0.2) is 14.5 Å². The first-order valence-electron chi connectivity index (χ1n) is 6.73. The van der Waals surface area contributed by atoms with Crippen LogP contribution in [0.1, 0.15) is 5.56 Å². The summed E-state index contributed by atoms with van der Waals surface area (Å²) in [6.07, 6.45) is 1.67. The Bertz CT molecular complexity index is 969. The molecule has 8 nitrogen and oxygen atoms in total. The van der Waals surface area contributed by atoms with Gasteiger partial charge in [-0.1, -0.05) is 6.07 Å². The van der Waals surface area contributed by atoms with E-state index in [9.17, 15) is 4.79 Å². The molecule has 3 heterocycles. The predicted octanol–water partition coefficient (Wildman–Crippen LogP) is 0.719. The van der Waals surface area contributed by atoms with Gasteiger partial charge in [0.2, 0.25) is 0 Å². The topological polar surface area (TPSA) is 128 Å². The normalized spacial score (nSPS) is 10.7. The van der Waals surface area contributed by atoms with Crippen LogP contribution >= 0.6 is 11.8 Å². The number of pyridine rings is 2. The molecule has 116 valence electrons. The molecular formula is C14H13N7OS. The van der Waals surface area contributed by atoms with Crippen molar-refractivity contribution in [3.63, 3.8) is 0 Å². The molecule has 0 aromatic carbocycles. The van der Waals surface area contributed by atoms with E-state index in [0.29, 0.717) is 34.2 Å². The third kappa shape index (κ3) is 2.84. The van der Waals surface area contributed by atoms with Crippen molar-refractivity contribution in [2.24, 2.45) is 0 Å². The molecule has 0 atom stereocenters. The van der Waals surface area contributed by atoms with Gasteiger partial charge in [0.1, 0.15) is 22.5 Å². The molecule has 3 aromatic rings. The van der Waals surface area contributed by atoms with Gasteiger partial charge in [0.15, 0.2) is 5.65 Å². The molecule has 4 N–H and O–H groups in total. The van der Waals surface area contributed by atoms with E-state index in [1.807, 2.05) is 12.1 Å². The number of hydrogen-bond acceptors (Lipinski definition) is 7. The fourth-order valence-corrected chi connectivity index (χ4v) is 3.06. The van der Waals surface area contributed by atoms with Crippen LogP contribution in [0.3, 0.4) is 0 Å². The third-order valence-corrected chi connectivity index (χ3v) is 4.13. The second kappa shape index (κ2) is 6.02. The van der Waals surface area contributed by atoms with Crippen molar-refractivity contribution in [3.8, 4) is 6.07 Å². The minimum atomic E-state index is -0.207. The van der Waals surface area contributed by atoms with Crippen molar-refractivity contribution in [2.75, 3.05) is 17.2 Å². The van der Waals surface area contributed by atoms with Gasteiger partial charge in [-0.05, 0) is 12.1 Å². The monoisotopic (exact) mass is 327 g/mol. The van der Waals surface area contributed by atoms with Crippen molar-refractivity contribution in [1.82, 2.24) is 19.2 Å². The molecule has 23 heavy (non-hydrogen) atoms. The molecule has 3 aromatic heterocycles. The Morgan fingerprint density at radius 1 is 1.35 bits per heavy atom. The number of nitriles is 1. The van der Waals surface area contributed by atoms with Gasteiger partial charge in [0.05, 0.1) is 12.2 Å². The molecule has 0 unspecified atom stereocenters. The molecule has 0 saturated carbocycles. The molecular weight excluding hydrogens is 314 g/mol. The summed E-state index contributed by atoms with van der Waals surface area (Å²) in [5.41, 5.74) is 12.4. The summed E-state index contributed by atoms with van der Waals surface area (Å²) < 4.78 is 2.85. The minimum Gasteiger partial charge on any atom is -0.397 e. The van der Waals surface area contributed by atoms with Crippen LogP contribution in [0, 0.1) is 11.3 Å². The maximum atomic E-state index is 12.1. The number of aryl methyl sites for hydroxylation is 1. The lowest BCUT2D eigenvalue weighted by molar-refractivity contribution is 0.639. The van der Waals surface area contributed by atoms with Crippen molar-refractivity contribution < 1.29 is 0 Å². The van der Waals surface area contributed by atoms with Crippen LogP contribution in [0.5, 0.6) is 0 Å². The molecule has 0 aliphatic carbocycles. The Morgan fingerprint density at radius 3 is 2.91 bits per heavy atom. The number of nitrogens with two attached hydrogens (primary N) is 2. The van der Waals surface area contributed by atoms with Crippen LogP contribution in [-0.4, -0.2) is 24.9 Å². The molecule has 0 bridgehead atoms. The lowest BCUT2D eigenvalue weighted by Gasteiger charge is -2.06. The maximum absolute atomic E-state index is 12.1. The Kier molecular flexibility index (Phi) is 3.91. The van der Waals surface area contributed by atoms with Crippen LogP contribution in [0.25, 0.3) is 5.65 Å². The lowest BCUT2D eigenvalue weighted by Crippen LogP contribution is -2.22. The molecule has 0 aliphatic heterocycles. The number of aromatic nitrogens is 4. The molecule has 3 rings (SSSR count). The zero-order valence-electron chi connectivity index (χ0n) is 12.0. The van der Waals surface area contributed by atoms with Crippen LogP contribution in [0.2, 0.25) is 0 Å². The standard InChI is InChI=1S/C14H13N7OS/c15-8-9-10(16)7-11(17)18-13(9)23-6-5-21-14(22)20-4-2-1-3-12(20)19-21/h1-4,7H,5-6H2,(H4,16,17,18). The van der Waals surface area contributed by atoms with E-state index < -0.39 is 0 Å². The van der Waals surface area contributed by atoms with E-state index in [2.05, 4.69) is 10.1 Å². The number of anilines is 2. The molecule has 0 spiro atoms. The van der Waals surface area contributed by atoms with E-state index in [1.165, 1.54) is 26.9 Å². The van der Waals surface area contributed by atoms with Crippen LogP contribution in [0.4, 0.5) is 11.5 Å². The number of hydrogen-bond donors (Lipinski definition) is 2. The van der Waals surface area contributed by atoms with Gasteiger partial charge in [-0.15, -0.1) is 16.9 Å². The third-order valence-electron chi connectivity index (χ3n) is 3.18. The molecule has 0 saturated heterocycles. The maximum Gasteiger partial charge on any atom is 0.350 e. The first kappa shape index (κ1) is 14.9. The second-order valence-corrected chi connectivity index (χ2v) is 5.79. The summed E-state index contributed by atoms with van der Waals surface area (Å²) in [7, 11) is 0. The van der Waals surface area contributed by atoms with Gasteiger partial charge in [0.25, 0.3) is 0 Å². The summed E-state index contributed by atoms with van der Waals surface area (Å²) in [6.45, 7) is 0.381. The highest BCUT2D eigenvalue weighted by Gasteiger charge is 2.11. The number of fused-ring (bicyclic) bond motifs is 1. The van der Waals surface area contributed by atoms with Gasteiger partial charge < -0.3 is 11.5 Å². The van der Waals surface area contributed by atoms with E-state index in [4.69, 9.17) is 16.7 Å². The highest BCUT2D eigenvalue weighted by molar-refractivity contribution is 7.99. The summed E-state index contributed by atoms with van der Waals surface area (Å²) in [4.78, 5) is 16.3. The molecule has 0 amide bonds. The quantitative estimate of drug-likeness (QED) is 0.676. The molecule has 0 radical (unpaired) electrons. The van der Waals surface area contributed by atoms with Crippen molar-refractivity contribution in [2.45, 2.75) is 11.6 Å². The highest BCUT2D eigenvalue weighted by atomic mass is 32.2. The first-order valence-corrected chi connectivity index (χ1v) is 7.72. The van der Waals surface area contributed by atoms with Crippen molar-refractivity contribution >= 4 is 28.9 Å². The van der Waals surface area contributed by atoms with Crippen LogP contribution < -0.4 is 17.2 Å². The Labute approximate surface area is 135 Å². The van der Waals surface area contributed by atoms with E-state index in [-0.39, 0.29) is 11.5 Å². The van der Waals surface area contributed by atoms with Gasteiger partial charge >= 0.3 is 5.69 Å². The Morgan fingerprint density at radius 2 is 2.17 bits per heavy atom. The lowest BCUT2D eigenvalue weighted by atomic mass is 10.2. The number of thioether (sulfide) groups is 1. The molecule has 0 aliphatic rings. The smallest absolute Gasteiger partial charge is 0.350 e. The number of nitrogen functional groups attached to an aromatic ring is 2. The van der Waals surface area contributed by atoms with Gasteiger partial charge in [-0.2, -0.15) is 5.26 Å². The van der Waals surface area contributed by atoms with Crippen LogP contribution in [-0.2, 0) is 6.54 Å². The summed E-state index contributed by atoms with van der Waals surface area (Å²) in [5.74, 6) is 0.767. The van der Waals surface area contributed by atoms with Crippen molar-refractivity contribution in [3.05, 3.63) is 46.5 Å². The largest absolute Gasteiger partial charge is 0.397 e. The summed E-state index contributed by atoms with van der Waals surface area (Å²) in [6, 6.07) is 8.83. The number of rotatable bonds is 4. The van der Waals surface area contributed by atoms with Gasteiger partial charge in [-0.3, -0.25) is 4.40 Å². The molecule has 0 fully saturated rings. The summed E-state index contributed by atoms with van der Waals surface area (Å²) in [5, 5.41) is 13.9. The Balaban J connectivity index is 1.78. The number of nitrogens with zero attached hydrogens (tertiary/aromatic N) is 5. The first-order chi connectivity index (χ1) is 11.1. The average Bonchev–Trinajstić information content (AvgIpc) is 2.84. The predicted molar refractivity (Wildman–Crippen MR) is 88.0 cm³/mol. The van der Waals surface area contributed by atoms with Gasteiger partial charge in [0, 0.05) is 18.0 Å². The zero-order valence-corrected chi connectivity index (χ0v) is 12.8. The average molecular weight is 327 g/mol. The van der Waals surface area contributed by atoms with E-state index in [1.54, 1.807) is 18.3 Å². The highest BCUT2D eigenvalue weighted by Crippen LogP contribution is 2.26. The van der Waals surface area contributed by atoms with E-state index >= 15 is 0 Å². The SMILES string of the molecule is N#Cc1c(N)cc(N)nc1SCCn1nc2ccccn2c1=O. The fraction of sp³-hybridized carbons (Fsp3) is 0.143. The fourth-order valence-electron chi connectivity index (χ4n) is 2.12. The van der Waals surface area contributed by atoms with Crippen molar-refractivity contribution in [1.29, 1.82) is 5.26 Å². The van der Waals surface area contributed by atoms with E-state index in [0.717, 1.165) is 0 Å².